The molecule has 2 heterocycles. The Morgan fingerprint density at radius 2 is 1.70 bits per heavy atom. The lowest BCUT2D eigenvalue weighted by molar-refractivity contribution is 1.01. The van der Waals surface area contributed by atoms with Crippen molar-refractivity contribution in [1.29, 1.82) is 0 Å². The molecule has 0 atom stereocenters. The van der Waals surface area contributed by atoms with Gasteiger partial charge < -0.3 is 9.97 Å². The lowest BCUT2D eigenvalue weighted by Crippen LogP contribution is -2.20. The highest BCUT2D eigenvalue weighted by Gasteiger charge is 2.10. The number of nitrogens with zero attached hydrogens (tertiary/aromatic N) is 3. The Morgan fingerprint density at radius 3 is 2.53 bits per heavy atom. The minimum Gasteiger partial charge on any atom is -0.361 e. The van der Waals surface area contributed by atoms with Gasteiger partial charge in [-0.15, -0.1) is 0 Å². The summed E-state index contributed by atoms with van der Waals surface area (Å²) in [7, 11) is 0. The molecule has 5 aromatic rings. The standard InChI is InChI=1S/C24H20N6/c1-16-10-12-18(13-11-16)27-24(23-28-21-8-4-5-9-22(21)29-23)30-26-15-17-14-25-20-7-3-2-6-19(17)20/h2-15,25H,1H3,(H,27,30)(H,28,29). The van der Waals surface area contributed by atoms with Crippen molar-refractivity contribution in [1.82, 2.24) is 20.4 Å². The number of nitrogens with one attached hydrogen (secondary N) is 3. The number of hydrogen-bond acceptors (Lipinski definition) is 3. The zero-order valence-electron chi connectivity index (χ0n) is 16.4. The molecule has 3 N–H and O–H groups in total. The lowest BCUT2D eigenvalue weighted by Gasteiger charge is -2.03. The molecule has 0 aliphatic rings. The first kappa shape index (κ1) is 17.9. The average molecular weight is 392 g/mol. The first-order valence-electron chi connectivity index (χ1n) is 9.72. The number of imidazole rings is 1. The van der Waals surface area contributed by atoms with Crippen LogP contribution < -0.4 is 5.43 Å². The van der Waals surface area contributed by atoms with Gasteiger partial charge in [0, 0.05) is 22.7 Å². The number of rotatable bonds is 4. The molecule has 2 aromatic heterocycles. The molecule has 0 saturated carbocycles. The molecule has 0 amide bonds. The van der Waals surface area contributed by atoms with E-state index in [2.05, 4.69) is 38.5 Å². The van der Waals surface area contributed by atoms with Crippen molar-refractivity contribution >= 4 is 39.7 Å². The number of para-hydroxylation sites is 3. The van der Waals surface area contributed by atoms with Gasteiger partial charge in [-0.3, -0.25) is 5.43 Å². The van der Waals surface area contributed by atoms with Crippen molar-refractivity contribution < 1.29 is 0 Å². The van der Waals surface area contributed by atoms with Gasteiger partial charge in [-0.25, -0.2) is 9.98 Å². The maximum Gasteiger partial charge on any atom is 0.190 e. The maximum absolute atomic E-state index is 4.74. The zero-order valence-corrected chi connectivity index (χ0v) is 16.4. The number of fused-ring (bicyclic) bond motifs is 2. The van der Waals surface area contributed by atoms with E-state index in [1.807, 2.05) is 72.9 Å². The van der Waals surface area contributed by atoms with E-state index in [0.717, 1.165) is 33.2 Å². The third kappa shape index (κ3) is 3.58. The summed E-state index contributed by atoms with van der Waals surface area (Å²) in [5.74, 6) is 1.18. The number of aromatic amines is 2. The number of aliphatic imine (C=N–C) groups is 1. The van der Waals surface area contributed by atoms with Gasteiger partial charge in [0.2, 0.25) is 0 Å². The van der Waals surface area contributed by atoms with E-state index >= 15 is 0 Å². The molecule has 5 rings (SSSR count). The summed E-state index contributed by atoms with van der Waals surface area (Å²) >= 11 is 0. The van der Waals surface area contributed by atoms with Crippen LogP contribution in [0.5, 0.6) is 0 Å². The number of aromatic nitrogens is 3. The number of aryl methyl sites for hydroxylation is 1. The van der Waals surface area contributed by atoms with E-state index < -0.39 is 0 Å². The molecule has 0 radical (unpaired) electrons. The van der Waals surface area contributed by atoms with E-state index in [-0.39, 0.29) is 0 Å². The average Bonchev–Trinajstić information content (AvgIpc) is 3.39. The van der Waals surface area contributed by atoms with Crippen LogP contribution in [0.3, 0.4) is 0 Å². The molecular weight excluding hydrogens is 372 g/mol. The fraction of sp³-hybridized carbons (Fsp3) is 0.0417. The third-order valence-electron chi connectivity index (χ3n) is 4.88. The van der Waals surface area contributed by atoms with Gasteiger partial charge in [-0.05, 0) is 37.3 Å². The Labute approximate surface area is 173 Å². The molecule has 0 saturated heterocycles. The van der Waals surface area contributed by atoms with Crippen LogP contribution in [0.2, 0.25) is 0 Å². The molecule has 0 aliphatic carbocycles. The van der Waals surface area contributed by atoms with Gasteiger partial charge in [-0.2, -0.15) is 5.10 Å². The molecule has 0 fully saturated rings. The van der Waals surface area contributed by atoms with Crippen LogP contribution in [-0.2, 0) is 0 Å². The van der Waals surface area contributed by atoms with Gasteiger partial charge in [0.05, 0.1) is 22.9 Å². The van der Waals surface area contributed by atoms with E-state index in [0.29, 0.717) is 11.7 Å². The molecule has 6 heteroatoms. The number of hydrogen-bond donors (Lipinski definition) is 3. The predicted molar refractivity (Wildman–Crippen MR) is 122 cm³/mol. The summed E-state index contributed by atoms with van der Waals surface area (Å²) < 4.78 is 0. The minimum absolute atomic E-state index is 0.547. The summed E-state index contributed by atoms with van der Waals surface area (Å²) in [6.07, 6.45) is 3.72. The van der Waals surface area contributed by atoms with Crippen LogP contribution in [0.15, 0.2) is 89.1 Å². The summed E-state index contributed by atoms with van der Waals surface area (Å²) in [4.78, 5) is 16.0. The summed E-state index contributed by atoms with van der Waals surface area (Å²) in [5, 5.41) is 5.55. The van der Waals surface area contributed by atoms with Crippen LogP contribution in [-0.4, -0.2) is 27.0 Å². The van der Waals surface area contributed by atoms with Crippen LogP contribution in [0.25, 0.3) is 21.9 Å². The van der Waals surface area contributed by atoms with Crippen molar-refractivity contribution in [2.75, 3.05) is 0 Å². The SMILES string of the molecule is Cc1ccc(N=C(NN=Cc2c[nH]c3ccccc23)c2nc3ccccc3[nH]2)cc1. The highest BCUT2D eigenvalue weighted by Crippen LogP contribution is 2.17. The Hall–Kier alpha value is -4.19. The van der Waals surface area contributed by atoms with Gasteiger partial charge in [0.25, 0.3) is 0 Å². The highest BCUT2D eigenvalue weighted by molar-refractivity contribution is 6.02. The topological polar surface area (TPSA) is 81.2 Å². The summed E-state index contributed by atoms with van der Waals surface area (Å²) in [5.41, 5.74) is 8.99. The Bertz CT molecular complexity index is 1340. The van der Waals surface area contributed by atoms with Crippen molar-refractivity contribution in [3.05, 3.63) is 95.9 Å². The molecule has 0 aliphatic heterocycles. The molecule has 3 aromatic carbocycles. The van der Waals surface area contributed by atoms with Crippen LogP contribution in [0, 0.1) is 6.92 Å². The largest absolute Gasteiger partial charge is 0.361 e. The highest BCUT2D eigenvalue weighted by atomic mass is 15.3. The number of H-pyrrole nitrogens is 2. The maximum atomic E-state index is 4.74. The lowest BCUT2D eigenvalue weighted by atomic mass is 10.2. The van der Waals surface area contributed by atoms with Crippen LogP contribution >= 0.6 is 0 Å². The molecular formula is C24H20N6. The predicted octanol–water partition coefficient (Wildman–Crippen LogP) is 5.05. The number of benzene rings is 3. The first-order valence-corrected chi connectivity index (χ1v) is 9.72. The monoisotopic (exact) mass is 392 g/mol. The Kier molecular flexibility index (Phi) is 4.57. The van der Waals surface area contributed by atoms with E-state index in [1.165, 1.54) is 5.56 Å². The fourth-order valence-corrected chi connectivity index (χ4v) is 3.31. The van der Waals surface area contributed by atoms with E-state index in [9.17, 15) is 0 Å². The molecule has 146 valence electrons. The van der Waals surface area contributed by atoms with Crippen molar-refractivity contribution in [2.24, 2.45) is 10.1 Å². The summed E-state index contributed by atoms with van der Waals surface area (Å²) in [6, 6.07) is 24.0. The van der Waals surface area contributed by atoms with E-state index in [1.54, 1.807) is 6.21 Å². The smallest absolute Gasteiger partial charge is 0.190 e. The van der Waals surface area contributed by atoms with Gasteiger partial charge in [-0.1, -0.05) is 48.0 Å². The van der Waals surface area contributed by atoms with Crippen molar-refractivity contribution in [2.45, 2.75) is 6.92 Å². The molecule has 0 unspecified atom stereocenters. The molecule has 6 nitrogen and oxygen atoms in total. The molecule has 30 heavy (non-hydrogen) atoms. The summed E-state index contributed by atoms with van der Waals surface area (Å²) in [6.45, 7) is 2.05. The van der Waals surface area contributed by atoms with Crippen LogP contribution in [0.4, 0.5) is 5.69 Å². The van der Waals surface area contributed by atoms with Gasteiger partial charge >= 0.3 is 0 Å². The second-order valence-corrected chi connectivity index (χ2v) is 7.06. The van der Waals surface area contributed by atoms with Gasteiger partial charge in [0.1, 0.15) is 0 Å². The second-order valence-electron chi connectivity index (χ2n) is 7.06. The first-order chi connectivity index (χ1) is 14.8. The zero-order chi connectivity index (χ0) is 20.3. The van der Waals surface area contributed by atoms with Crippen molar-refractivity contribution in [3.8, 4) is 0 Å². The van der Waals surface area contributed by atoms with E-state index in [4.69, 9.17) is 4.99 Å². The third-order valence-corrected chi connectivity index (χ3v) is 4.88. The Balaban J connectivity index is 1.49. The Morgan fingerprint density at radius 1 is 0.933 bits per heavy atom. The number of hydrazone groups is 1. The van der Waals surface area contributed by atoms with Crippen LogP contribution in [0.1, 0.15) is 17.0 Å². The van der Waals surface area contributed by atoms with Crippen molar-refractivity contribution in [3.63, 3.8) is 0 Å². The normalized spacial score (nSPS) is 12.2. The quantitative estimate of drug-likeness (QED) is 0.227. The second kappa shape index (κ2) is 7.67. The minimum atomic E-state index is 0.547. The molecule has 0 spiro atoms. The number of amidine groups is 1. The van der Waals surface area contributed by atoms with Gasteiger partial charge in [0.15, 0.2) is 11.7 Å². The fourth-order valence-electron chi connectivity index (χ4n) is 3.31. The molecule has 0 bridgehead atoms.